The van der Waals surface area contributed by atoms with Crippen molar-refractivity contribution in [3.63, 3.8) is 0 Å². The van der Waals surface area contributed by atoms with Crippen LogP contribution in [-0.4, -0.2) is 43.3 Å². The highest BCUT2D eigenvalue weighted by Crippen LogP contribution is 2.23. The first kappa shape index (κ1) is 17.2. The summed E-state index contributed by atoms with van der Waals surface area (Å²) in [6.45, 7) is 5.45. The standard InChI is InChI=1S/C16H18N6O2S/c1-9(2)17-15(24)20-13(23)8-25-16-19-12-7-5-4-6-11(12)14-18-10(3)21-22(14)16/h4-7,9H,8H2,1-3H3,(H2,17,20,23,24). The van der Waals surface area contributed by atoms with Crippen LogP contribution in [0.2, 0.25) is 0 Å². The molecular formula is C16H18N6O2S. The van der Waals surface area contributed by atoms with Gasteiger partial charge in [-0.05, 0) is 32.9 Å². The molecule has 0 fully saturated rings. The number of thioether (sulfide) groups is 1. The normalized spacial score (nSPS) is 11.2. The summed E-state index contributed by atoms with van der Waals surface area (Å²) in [5, 5.41) is 10.7. The van der Waals surface area contributed by atoms with Gasteiger partial charge in [0.15, 0.2) is 10.8 Å². The van der Waals surface area contributed by atoms with E-state index in [1.165, 1.54) is 11.8 Å². The monoisotopic (exact) mass is 358 g/mol. The molecule has 0 unspecified atom stereocenters. The van der Waals surface area contributed by atoms with Gasteiger partial charge in [0.2, 0.25) is 5.91 Å². The van der Waals surface area contributed by atoms with Crippen LogP contribution >= 0.6 is 11.8 Å². The van der Waals surface area contributed by atoms with Crippen LogP contribution in [0.15, 0.2) is 29.4 Å². The highest BCUT2D eigenvalue weighted by molar-refractivity contribution is 7.99. The number of nitrogens with one attached hydrogen (secondary N) is 2. The first-order valence-corrected chi connectivity index (χ1v) is 8.78. The Labute approximate surface area is 148 Å². The molecule has 3 amide bonds. The molecule has 8 nitrogen and oxygen atoms in total. The van der Waals surface area contributed by atoms with Gasteiger partial charge in [-0.1, -0.05) is 23.9 Å². The lowest BCUT2D eigenvalue weighted by molar-refractivity contribution is -0.117. The predicted molar refractivity (Wildman–Crippen MR) is 95.6 cm³/mol. The number of imide groups is 1. The second-order valence-electron chi connectivity index (χ2n) is 5.77. The molecule has 0 spiro atoms. The zero-order valence-corrected chi connectivity index (χ0v) is 14.9. The topological polar surface area (TPSA) is 101 Å². The first-order chi connectivity index (χ1) is 11.9. The average molecular weight is 358 g/mol. The van der Waals surface area contributed by atoms with E-state index in [2.05, 4.69) is 25.7 Å². The fraction of sp³-hybridized carbons (Fsp3) is 0.312. The Balaban J connectivity index is 1.81. The summed E-state index contributed by atoms with van der Waals surface area (Å²) in [5.41, 5.74) is 1.48. The Morgan fingerprint density at radius 3 is 2.76 bits per heavy atom. The number of amides is 3. The Morgan fingerprint density at radius 2 is 2.00 bits per heavy atom. The Morgan fingerprint density at radius 1 is 1.24 bits per heavy atom. The number of hydrogen-bond donors (Lipinski definition) is 2. The van der Waals surface area contributed by atoms with Gasteiger partial charge in [-0.25, -0.2) is 14.8 Å². The number of nitrogens with zero attached hydrogens (tertiary/aromatic N) is 4. The number of hydrogen-bond acceptors (Lipinski definition) is 6. The fourth-order valence-corrected chi connectivity index (χ4v) is 3.06. The number of aryl methyl sites for hydroxylation is 1. The number of carbonyl (C=O) groups excluding carboxylic acids is 2. The summed E-state index contributed by atoms with van der Waals surface area (Å²) >= 11 is 1.20. The molecule has 130 valence electrons. The number of urea groups is 1. The summed E-state index contributed by atoms with van der Waals surface area (Å²) in [7, 11) is 0. The van der Waals surface area contributed by atoms with Gasteiger partial charge in [-0.3, -0.25) is 10.1 Å². The number of para-hydroxylation sites is 1. The molecule has 0 atom stereocenters. The van der Waals surface area contributed by atoms with Crippen LogP contribution in [0.5, 0.6) is 0 Å². The minimum absolute atomic E-state index is 0.0413. The largest absolute Gasteiger partial charge is 0.336 e. The second-order valence-corrected chi connectivity index (χ2v) is 6.71. The smallest absolute Gasteiger partial charge is 0.321 e. The number of benzene rings is 1. The van der Waals surface area contributed by atoms with Crippen LogP contribution in [0.3, 0.4) is 0 Å². The van der Waals surface area contributed by atoms with E-state index < -0.39 is 11.9 Å². The van der Waals surface area contributed by atoms with Crippen molar-refractivity contribution in [2.45, 2.75) is 32.0 Å². The number of aromatic nitrogens is 4. The maximum absolute atomic E-state index is 11.9. The van der Waals surface area contributed by atoms with Gasteiger partial charge in [0.05, 0.1) is 11.3 Å². The molecule has 2 N–H and O–H groups in total. The third-order valence-corrected chi connectivity index (χ3v) is 4.19. The van der Waals surface area contributed by atoms with Crippen molar-refractivity contribution in [1.29, 1.82) is 0 Å². The summed E-state index contributed by atoms with van der Waals surface area (Å²) in [6.07, 6.45) is 0. The van der Waals surface area contributed by atoms with Crippen molar-refractivity contribution >= 4 is 40.3 Å². The molecule has 0 saturated carbocycles. The molecule has 3 aromatic rings. The summed E-state index contributed by atoms with van der Waals surface area (Å²) in [6, 6.07) is 7.09. The van der Waals surface area contributed by atoms with Crippen molar-refractivity contribution in [3.8, 4) is 0 Å². The molecule has 0 aliphatic heterocycles. The quantitative estimate of drug-likeness (QED) is 0.546. The zero-order chi connectivity index (χ0) is 18.0. The molecule has 2 aromatic heterocycles. The van der Waals surface area contributed by atoms with Crippen molar-refractivity contribution in [2.24, 2.45) is 0 Å². The maximum Gasteiger partial charge on any atom is 0.321 e. The number of carbonyl (C=O) groups is 2. The van der Waals surface area contributed by atoms with Crippen LogP contribution in [0.4, 0.5) is 4.79 Å². The van der Waals surface area contributed by atoms with E-state index in [0.29, 0.717) is 16.6 Å². The minimum Gasteiger partial charge on any atom is -0.336 e. The van der Waals surface area contributed by atoms with Crippen LogP contribution in [0.25, 0.3) is 16.6 Å². The molecule has 25 heavy (non-hydrogen) atoms. The zero-order valence-electron chi connectivity index (χ0n) is 14.1. The van der Waals surface area contributed by atoms with E-state index in [1.54, 1.807) is 11.4 Å². The average Bonchev–Trinajstić information content (AvgIpc) is 2.93. The number of rotatable bonds is 4. The van der Waals surface area contributed by atoms with Crippen molar-refractivity contribution in [2.75, 3.05) is 5.75 Å². The third kappa shape index (κ3) is 3.87. The van der Waals surface area contributed by atoms with Gasteiger partial charge < -0.3 is 5.32 Å². The van der Waals surface area contributed by atoms with Gasteiger partial charge in [-0.15, -0.1) is 5.10 Å². The van der Waals surface area contributed by atoms with Gasteiger partial charge in [-0.2, -0.15) is 4.52 Å². The maximum atomic E-state index is 11.9. The minimum atomic E-state index is -0.506. The Bertz CT molecular complexity index is 952. The predicted octanol–water partition coefficient (Wildman–Crippen LogP) is 1.91. The van der Waals surface area contributed by atoms with Crippen molar-refractivity contribution < 1.29 is 9.59 Å². The van der Waals surface area contributed by atoms with E-state index in [-0.39, 0.29) is 11.8 Å². The second kappa shape index (κ2) is 7.06. The molecule has 0 saturated heterocycles. The lowest BCUT2D eigenvalue weighted by Crippen LogP contribution is -2.43. The summed E-state index contributed by atoms with van der Waals surface area (Å²) < 4.78 is 1.63. The summed E-state index contributed by atoms with van der Waals surface area (Å²) in [4.78, 5) is 32.5. The first-order valence-electron chi connectivity index (χ1n) is 7.79. The van der Waals surface area contributed by atoms with Crippen molar-refractivity contribution in [1.82, 2.24) is 30.2 Å². The van der Waals surface area contributed by atoms with Crippen LogP contribution in [0.1, 0.15) is 19.7 Å². The van der Waals surface area contributed by atoms with Crippen LogP contribution in [-0.2, 0) is 4.79 Å². The van der Waals surface area contributed by atoms with E-state index in [9.17, 15) is 9.59 Å². The molecule has 9 heteroatoms. The molecule has 0 bridgehead atoms. The number of fused-ring (bicyclic) bond motifs is 3. The molecule has 1 aromatic carbocycles. The Kier molecular flexibility index (Phi) is 4.84. The highest BCUT2D eigenvalue weighted by atomic mass is 32.2. The van der Waals surface area contributed by atoms with Gasteiger partial charge in [0.25, 0.3) is 0 Å². The lowest BCUT2D eigenvalue weighted by atomic mass is 10.2. The van der Waals surface area contributed by atoms with Crippen LogP contribution < -0.4 is 10.6 Å². The van der Waals surface area contributed by atoms with E-state index in [0.717, 1.165) is 10.9 Å². The molecule has 0 aliphatic carbocycles. The molecule has 0 aliphatic rings. The summed E-state index contributed by atoms with van der Waals surface area (Å²) in [5.74, 6) is 0.272. The lowest BCUT2D eigenvalue weighted by Gasteiger charge is -2.09. The van der Waals surface area contributed by atoms with Crippen LogP contribution in [0, 0.1) is 6.92 Å². The third-order valence-electron chi connectivity index (χ3n) is 3.26. The Hall–Kier alpha value is -2.68. The SMILES string of the molecule is Cc1nc2c3ccccc3nc(SCC(=O)NC(=O)NC(C)C)n2n1. The fourth-order valence-electron chi connectivity index (χ4n) is 2.32. The van der Waals surface area contributed by atoms with Gasteiger partial charge in [0.1, 0.15) is 5.82 Å². The molecule has 3 rings (SSSR count). The van der Waals surface area contributed by atoms with Gasteiger partial charge in [0, 0.05) is 11.4 Å². The molecule has 0 radical (unpaired) electrons. The highest BCUT2D eigenvalue weighted by Gasteiger charge is 2.15. The molecular weight excluding hydrogens is 340 g/mol. The van der Waals surface area contributed by atoms with E-state index in [4.69, 9.17) is 0 Å². The van der Waals surface area contributed by atoms with Gasteiger partial charge >= 0.3 is 6.03 Å². The van der Waals surface area contributed by atoms with E-state index in [1.807, 2.05) is 38.1 Å². The molecule has 2 heterocycles. The van der Waals surface area contributed by atoms with E-state index >= 15 is 0 Å². The van der Waals surface area contributed by atoms with Crippen molar-refractivity contribution in [3.05, 3.63) is 30.1 Å².